The Kier molecular flexibility index (Phi) is 4.52. The maximum absolute atomic E-state index is 12.3. The summed E-state index contributed by atoms with van der Waals surface area (Å²) in [6.07, 6.45) is 1.68. The van der Waals surface area contributed by atoms with Gasteiger partial charge in [-0.05, 0) is 49.5 Å². The fourth-order valence-corrected chi connectivity index (χ4v) is 2.78. The van der Waals surface area contributed by atoms with Gasteiger partial charge in [-0.15, -0.1) is 0 Å². The minimum absolute atomic E-state index is 0.156. The highest BCUT2D eigenvalue weighted by molar-refractivity contribution is 7.71. The molecule has 24 heavy (non-hydrogen) atoms. The lowest BCUT2D eigenvalue weighted by Gasteiger charge is -2.08. The summed E-state index contributed by atoms with van der Waals surface area (Å²) < 4.78 is 1.83. The average Bonchev–Trinajstić information content (AvgIpc) is 2.60. The predicted molar refractivity (Wildman–Crippen MR) is 94.5 cm³/mol. The largest absolute Gasteiger partial charge is 0.346 e. The first-order chi connectivity index (χ1) is 11.6. The summed E-state index contributed by atoms with van der Waals surface area (Å²) in [6, 6.07) is 10.4. The highest BCUT2D eigenvalue weighted by Gasteiger charge is 2.10. The van der Waals surface area contributed by atoms with Crippen molar-refractivity contribution in [2.24, 2.45) is 0 Å². The summed E-state index contributed by atoms with van der Waals surface area (Å²) in [4.78, 5) is 31.8. The summed E-state index contributed by atoms with van der Waals surface area (Å²) in [5, 5.41) is 3.31. The van der Waals surface area contributed by atoms with Gasteiger partial charge >= 0.3 is 0 Å². The number of hydrogen-bond acceptors (Lipinski definition) is 4. The lowest BCUT2D eigenvalue weighted by Crippen LogP contribution is -2.24. The van der Waals surface area contributed by atoms with Crippen molar-refractivity contribution in [2.45, 2.75) is 20.0 Å². The number of pyridine rings is 1. The van der Waals surface area contributed by atoms with Crippen molar-refractivity contribution in [3.63, 3.8) is 0 Å². The Bertz CT molecular complexity index is 1010. The maximum Gasteiger partial charge on any atom is 0.262 e. The first-order valence-electron chi connectivity index (χ1n) is 7.55. The van der Waals surface area contributed by atoms with E-state index in [1.807, 2.05) is 25.1 Å². The van der Waals surface area contributed by atoms with Crippen molar-refractivity contribution in [3.05, 3.63) is 69.0 Å². The van der Waals surface area contributed by atoms with E-state index >= 15 is 0 Å². The van der Waals surface area contributed by atoms with Crippen molar-refractivity contribution in [2.75, 3.05) is 0 Å². The number of H-pyrrole nitrogens is 1. The number of rotatable bonds is 4. The molecule has 0 atom stereocenters. The Morgan fingerprint density at radius 1 is 1.33 bits per heavy atom. The van der Waals surface area contributed by atoms with Gasteiger partial charge in [0.2, 0.25) is 0 Å². The van der Waals surface area contributed by atoms with Crippen molar-refractivity contribution in [1.82, 2.24) is 19.9 Å². The molecule has 6 nitrogen and oxygen atoms in total. The van der Waals surface area contributed by atoms with Crippen molar-refractivity contribution in [3.8, 4) is 0 Å². The molecule has 0 bridgehead atoms. The molecule has 7 heteroatoms. The third-order valence-electron chi connectivity index (χ3n) is 3.72. The molecule has 3 rings (SSSR count). The molecule has 0 radical (unpaired) electrons. The normalized spacial score (nSPS) is 10.7. The van der Waals surface area contributed by atoms with Crippen molar-refractivity contribution >= 4 is 29.0 Å². The lowest BCUT2D eigenvalue weighted by atomic mass is 10.1. The van der Waals surface area contributed by atoms with E-state index in [1.165, 1.54) is 4.57 Å². The quantitative estimate of drug-likeness (QED) is 0.715. The zero-order valence-corrected chi connectivity index (χ0v) is 13.9. The molecule has 0 aliphatic heterocycles. The van der Waals surface area contributed by atoms with Gasteiger partial charge in [-0.25, -0.2) is 0 Å². The molecule has 0 saturated heterocycles. The Balaban J connectivity index is 1.89. The second-order valence-electron chi connectivity index (χ2n) is 5.24. The van der Waals surface area contributed by atoms with Crippen LogP contribution in [0.3, 0.4) is 0 Å². The van der Waals surface area contributed by atoms with Crippen LogP contribution in [0.5, 0.6) is 0 Å². The molecule has 0 spiro atoms. The minimum Gasteiger partial charge on any atom is -0.346 e. The Morgan fingerprint density at radius 3 is 2.88 bits per heavy atom. The number of fused-ring (bicyclic) bond motifs is 1. The van der Waals surface area contributed by atoms with Gasteiger partial charge in [-0.3, -0.25) is 19.1 Å². The molecular formula is C17H16N4O2S. The van der Waals surface area contributed by atoms with Crippen LogP contribution in [-0.2, 0) is 13.1 Å². The SMILES string of the molecule is CCn1c(=S)[nH]c2cc(C(=O)NCc3ccccn3)ccc2c1=O. The molecule has 2 heterocycles. The highest BCUT2D eigenvalue weighted by atomic mass is 32.1. The molecule has 0 unspecified atom stereocenters. The molecular weight excluding hydrogens is 324 g/mol. The van der Waals surface area contributed by atoms with E-state index in [0.717, 1.165) is 5.69 Å². The smallest absolute Gasteiger partial charge is 0.262 e. The molecule has 2 N–H and O–H groups in total. The number of hydrogen-bond donors (Lipinski definition) is 2. The van der Waals surface area contributed by atoms with Crippen LogP contribution in [0.1, 0.15) is 23.0 Å². The second-order valence-corrected chi connectivity index (χ2v) is 5.63. The summed E-state index contributed by atoms with van der Waals surface area (Å²) >= 11 is 5.19. The Morgan fingerprint density at radius 2 is 2.17 bits per heavy atom. The Labute approximate surface area is 143 Å². The number of amides is 1. The number of benzene rings is 1. The van der Waals surface area contributed by atoms with E-state index < -0.39 is 0 Å². The molecule has 0 aliphatic rings. The van der Waals surface area contributed by atoms with Gasteiger partial charge in [0, 0.05) is 18.3 Å². The molecule has 0 aliphatic carbocycles. The van der Waals surface area contributed by atoms with E-state index in [2.05, 4.69) is 15.3 Å². The van der Waals surface area contributed by atoms with E-state index in [4.69, 9.17) is 12.2 Å². The summed E-state index contributed by atoms with van der Waals surface area (Å²) in [5.74, 6) is -0.235. The number of nitrogens with one attached hydrogen (secondary N) is 2. The highest BCUT2D eigenvalue weighted by Crippen LogP contribution is 2.11. The Hall–Kier alpha value is -2.80. The van der Waals surface area contributed by atoms with E-state index in [-0.39, 0.29) is 11.5 Å². The third kappa shape index (κ3) is 3.11. The number of aromatic nitrogens is 3. The number of carbonyl (C=O) groups is 1. The van der Waals surface area contributed by atoms with Crippen molar-refractivity contribution < 1.29 is 4.79 Å². The van der Waals surface area contributed by atoms with Crippen LogP contribution in [0.4, 0.5) is 0 Å². The van der Waals surface area contributed by atoms with Gasteiger partial charge < -0.3 is 10.3 Å². The fourth-order valence-electron chi connectivity index (χ4n) is 2.46. The molecule has 2 aromatic heterocycles. The zero-order chi connectivity index (χ0) is 17.1. The van der Waals surface area contributed by atoms with Crippen LogP contribution < -0.4 is 10.9 Å². The first-order valence-corrected chi connectivity index (χ1v) is 7.96. The molecule has 3 aromatic rings. The minimum atomic E-state index is -0.235. The topological polar surface area (TPSA) is 79.8 Å². The monoisotopic (exact) mass is 340 g/mol. The zero-order valence-electron chi connectivity index (χ0n) is 13.1. The summed E-state index contributed by atoms with van der Waals surface area (Å²) in [6.45, 7) is 2.69. The van der Waals surface area contributed by atoms with E-state index in [0.29, 0.717) is 34.3 Å². The van der Waals surface area contributed by atoms with Crippen LogP contribution >= 0.6 is 12.2 Å². The molecule has 0 fully saturated rings. The molecule has 0 saturated carbocycles. The van der Waals surface area contributed by atoms with Crippen LogP contribution in [0.2, 0.25) is 0 Å². The van der Waals surface area contributed by atoms with Gasteiger partial charge in [-0.1, -0.05) is 6.07 Å². The van der Waals surface area contributed by atoms with E-state index in [9.17, 15) is 9.59 Å². The summed E-state index contributed by atoms with van der Waals surface area (Å²) in [5.41, 5.74) is 1.63. The number of aromatic amines is 1. The van der Waals surface area contributed by atoms with Gasteiger partial charge in [0.15, 0.2) is 4.77 Å². The van der Waals surface area contributed by atoms with Crippen LogP contribution in [-0.4, -0.2) is 20.4 Å². The van der Waals surface area contributed by atoms with E-state index in [1.54, 1.807) is 24.4 Å². The lowest BCUT2D eigenvalue weighted by molar-refractivity contribution is 0.0950. The molecule has 122 valence electrons. The maximum atomic E-state index is 12.3. The second kappa shape index (κ2) is 6.76. The van der Waals surface area contributed by atoms with Gasteiger partial charge in [-0.2, -0.15) is 0 Å². The first kappa shape index (κ1) is 16.1. The molecule has 1 amide bonds. The average molecular weight is 340 g/mol. The number of carbonyl (C=O) groups excluding carboxylic acids is 1. The third-order valence-corrected chi connectivity index (χ3v) is 4.04. The molecule has 1 aromatic carbocycles. The summed E-state index contributed by atoms with van der Waals surface area (Å²) in [7, 11) is 0. The van der Waals surface area contributed by atoms with Gasteiger partial charge in [0.05, 0.1) is 23.1 Å². The van der Waals surface area contributed by atoms with Gasteiger partial charge in [0.1, 0.15) is 0 Å². The van der Waals surface area contributed by atoms with Gasteiger partial charge in [0.25, 0.3) is 11.5 Å². The fraction of sp³-hybridized carbons (Fsp3) is 0.176. The van der Waals surface area contributed by atoms with Crippen LogP contribution in [0.25, 0.3) is 10.9 Å². The predicted octanol–water partition coefficient (Wildman–Crippen LogP) is 2.40. The van der Waals surface area contributed by atoms with Crippen LogP contribution in [0, 0.1) is 4.77 Å². The van der Waals surface area contributed by atoms with Crippen molar-refractivity contribution in [1.29, 1.82) is 0 Å². The van der Waals surface area contributed by atoms with Crippen LogP contribution in [0.15, 0.2) is 47.4 Å². The number of nitrogens with zero attached hydrogens (tertiary/aromatic N) is 2. The standard InChI is InChI=1S/C17H16N4O2S/c1-2-21-16(23)13-7-6-11(9-14(13)20-17(21)24)15(22)19-10-12-5-3-4-8-18-12/h3-9H,2,10H2,1H3,(H,19,22)(H,20,24).